The lowest BCUT2D eigenvalue weighted by Gasteiger charge is -2.30. The normalized spacial score (nSPS) is 20.9. The van der Waals surface area contributed by atoms with Gasteiger partial charge in [0.1, 0.15) is 0 Å². The summed E-state index contributed by atoms with van der Waals surface area (Å²) < 4.78 is 0. The largest absolute Gasteiger partial charge is 0.391 e. The highest BCUT2D eigenvalue weighted by molar-refractivity contribution is 6.30. The van der Waals surface area contributed by atoms with E-state index in [0.717, 1.165) is 12.8 Å². The predicted octanol–water partition coefficient (Wildman–Crippen LogP) is 1.94. The average molecular weight is 240 g/mol. The van der Waals surface area contributed by atoms with Crippen LogP contribution in [0.4, 0.5) is 0 Å². The Balaban J connectivity index is 2.12. The third-order valence-corrected chi connectivity index (χ3v) is 2.99. The van der Waals surface area contributed by atoms with Crippen LogP contribution in [-0.2, 0) is 0 Å². The highest BCUT2D eigenvalue weighted by atomic mass is 35.5. The minimum atomic E-state index is -0.392. The molecule has 0 aliphatic carbocycles. The molecule has 1 aromatic rings. The monoisotopic (exact) mass is 239 g/mol. The lowest BCUT2D eigenvalue weighted by atomic mass is 10.1. The second kappa shape index (κ2) is 4.85. The molecule has 4 heteroatoms. The minimum Gasteiger partial charge on any atom is -0.391 e. The van der Waals surface area contributed by atoms with Gasteiger partial charge in [-0.25, -0.2) is 0 Å². The molecule has 86 valence electrons. The van der Waals surface area contributed by atoms with Gasteiger partial charge < -0.3 is 10.0 Å². The lowest BCUT2D eigenvalue weighted by Crippen LogP contribution is -2.42. The van der Waals surface area contributed by atoms with Crippen molar-refractivity contribution >= 4 is 17.5 Å². The maximum absolute atomic E-state index is 12.1. The van der Waals surface area contributed by atoms with Gasteiger partial charge in [-0.05, 0) is 31.0 Å². The van der Waals surface area contributed by atoms with Crippen LogP contribution in [0.2, 0.25) is 5.02 Å². The van der Waals surface area contributed by atoms with Gasteiger partial charge >= 0.3 is 0 Å². The average Bonchev–Trinajstić information content (AvgIpc) is 2.28. The van der Waals surface area contributed by atoms with Crippen LogP contribution in [0, 0.1) is 0 Å². The second-order valence-corrected chi connectivity index (χ2v) is 4.49. The smallest absolute Gasteiger partial charge is 0.253 e. The number of amides is 1. The van der Waals surface area contributed by atoms with Crippen LogP contribution in [0.15, 0.2) is 24.3 Å². The molecule has 0 spiro atoms. The maximum atomic E-state index is 12.1. The van der Waals surface area contributed by atoms with Gasteiger partial charge in [0, 0.05) is 23.7 Å². The Kier molecular flexibility index (Phi) is 3.46. The number of aliphatic hydroxyl groups excluding tert-OH is 1. The summed E-state index contributed by atoms with van der Waals surface area (Å²) in [6.45, 7) is 1.13. The van der Waals surface area contributed by atoms with E-state index in [9.17, 15) is 9.90 Å². The lowest BCUT2D eigenvalue weighted by molar-refractivity contribution is 0.0474. The van der Waals surface area contributed by atoms with Crippen molar-refractivity contribution in [2.75, 3.05) is 13.1 Å². The fraction of sp³-hybridized carbons (Fsp3) is 0.417. The van der Waals surface area contributed by atoms with E-state index >= 15 is 0 Å². The van der Waals surface area contributed by atoms with Crippen LogP contribution in [0.5, 0.6) is 0 Å². The van der Waals surface area contributed by atoms with Crippen LogP contribution in [0.1, 0.15) is 23.2 Å². The van der Waals surface area contributed by atoms with Gasteiger partial charge in [-0.3, -0.25) is 4.79 Å². The summed E-state index contributed by atoms with van der Waals surface area (Å²) in [5.74, 6) is -0.0544. The molecule has 0 unspecified atom stereocenters. The van der Waals surface area contributed by atoms with Crippen molar-refractivity contribution in [1.82, 2.24) is 4.90 Å². The predicted molar refractivity (Wildman–Crippen MR) is 62.6 cm³/mol. The third kappa shape index (κ3) is 2.54. The van der Waals surface area contributed by atoms with Gasteiger partial charge in [-0.2, -0.15) is 0 Å². The first-order chi connectivity index (χ1) is 7.66. The molecule has 0 saturated carbocycles. The molecule has 3 nitrogen and oxygen atoms in total. The number of halogens is 1. The number of rotatable bonds is 1. The minimum absolute atomic E-state index is 0.0544. The Hall–Kier alpha value is -1.06. The van der Waals surface area contributed by atoms with E-state index < -0.39 is 6.10 Å². The summed E-state index contributed by atoms with van der Waals surface area (Å²) in [6.07, 6.45) is 1.24. The second-order valence-electron chi connectivity index (χ2n) is 4.06. The zero-order valence-electron chi connectivity index (χ0n) is 8.90. The van der Waals surface area contributed by atoms with E-state index in [-0.39, 0.29) is 5.91 Å². The van der Waals surface area contributed by atoms with E-state index in [0.29, 0.717) is 23.7 Å². The van der Waals surface area contributed by atoms with Gasteiger partial charge in [0.2, 0.25) is 0 Å². The number of carbonyl (C=O) groups excluding carboxylic acids is 1. The van der Waals surface area contributed by atoms with Crippen molar-refractivity contribution in [1.29, 1.82) is 0 Å². The molecule has 16 heavy (non-hydrogen) atoms. The van der Waals surface area contributed by atoms with Crippen LogP contribution >= 0.6 is 11.6 Å². The molecule has 1 aliphatic heterocycles. The van der Waals surface area contributed by atoms with E-state index in [1.807, 2.05) is 0 Å². The summed E-state index contributed by atoms with van der Waals surface area (Å²) in [6, 6.07) is 6.90. The molecule has 0 aromatic heterocycles. The molecular formula is C12H14ClNO2. The van der Waals surface area contributed by atoms with Crippen molar-refractivity contribution in [3.8, 4) is 0 Å². The van der Waals surface area contributed by atoms with Crippen LogP contribution in [0.25, 0.3) is 0 Å². The number of hydrogen-bond acceptors (Lipinski definition) is 2. The standard InChI is InChI=1S/C12H14ClNO2/c13-10-4-1-3-9(7-10)12(16)14-6-2-5-11(15)8-14/h1,3-4,7,11,15H,2,5-6,8H2/t11-/m1/s1. The first-order valence-electron chi connectivity index (χ1n) is 5.40. The molecule has 2 rings (SSSR count). The van der Waals surface area contributed by atoms with Crippen molar-refractivity contribution in [3.63, 3.8) is 0 Å². The first-order valence-corrected chi connectivity index (χ1v) is 5.77. The molecule has 1 fully saturated rings. The van der Waals surface area contributed by atoms with E-state index in [1.165, 1.54) is 0 Å². The number of piperidine rings is 1. The summed E-state index contributed by atoms with van der Waals surface area (Å²) in [5.41, 5.74) is 0.585. The molecule has 1 atom stereocenters. The Morgan fingerprint density at radius 1 is 1.50 bits per heavy atom. The third-order valence-electron chi connectivity index (χ3n) is 2.76. The Morgan fingerprint density at radius 2 is 2.31 bits per heavy atom. The van der Waals surface area contributed by atoms with Gasteiger partial charge in [0.15, 0.2) is 0 Å². The van der Waals surface area contributed by atoms with Crippen molar-refractivity contribution in [2.45, 2.75) is 18.9 Å². The molecule has 0 radical (unpaired) electrons. The molecular weight excluding hydrogens is 226 g/mol. The molecule has 1 heterocycles. The number of aliphatic hydroxyl groups is 1. The summed E-state index contributed by atoms with van der Waals surface area (Å²) >= 11 is 5.84. The SMILES string of the molecule is O=C(c1cccc(Cl)c1)N1CCC[C@@H](O)C1. The van der Waals surface area contributed by atoms with E-state index in [1.54, 1.807) is 29.2 Å². The summed E-state index contributed by atoms with van der Waals surface area (Å²) in [5, 5.41) is 10.1. The first kappa shape index (κ1) is 11.4. The zero-order valence-corrected chi connectivity index (χ0v) is 9.65. The van der Waals surface area contributed by atoms with Crippen molar-refractivity contribution in [3.05, 3.63) is 34.9 Å². The number of β-amino-alcohol motifs (C(OH)–C–C–N with tert-alkyl or cyclic N) is 1. The molecule has 1 aliphatic rings. The Morgan fingerprint density at radius 3 is 3.00 bits per heavy atom. The van der Waals surface area contributed by atoms with Gasteiger partial charge in [-0.15, -0.1) is 0 Å². The molecule has 1 aromatic carbocycles. The summed E-state index contributed by atoms with van der Waals surface area (Å²) in [4.78, 5) is 13.7. The fourth-order valence-electron chi connectivity index (χ4n) is 1.94. The zero-order chi connectivity index (χ0) is 11.5. The number of likely N-dealkylation sites (tertiary alicyclic amines) is 1. The fourth-order valence-corrected chi connectivity index (χ4v) is 2.13. The summed E-state index contributed by atoms with van der Waals surface area (Å²) in [7, 11) is 0. The van der Waals surface area contributed by atoms with Gasteiger partial charge in [0.25, 0.3) is 5.91 Å². The number of carbonyl (C=O) groups is 1. The van der Waals surface area contributed by atoms with Crippen molar-refractivity contribution in [2.24, 2.45) is 0 Å². The van der Waals surface area contributed by atoms with Crippen LogP contribution in [-0.4, -0.2) is 35.1 Å². The number of hydrogen-bond donors (Lipinski definition) is 1. The van der Waals surface area contributed by atoms with Crippen molar-refractivity contribution < 1.29 is 9.90 Å². The molecule has 1 N–H and O–H groups in total. The van der Waals surface area contributed by atoms with Gasteiger partial charge in [-0.1, -0.05) is 17.7 Å². The quantitative estimate of drug-likeness (QED) is 0.814. The topological polar surface area (TPSA) is 40.5 Å². The van der Waals surface area contributed by atoms with Gasteiger partial charge in [0.05, 0.1) is 6.10 Å². The Bertz CT molecular complexity index is 394. The maximum Gasteiger partial charge on any atom is 0.253 e. The van der Waals surface area contributed by atoms with E-state index in [2.05, 4.69) is 0 Å². The highest BCUT2D eigenvalue weighted by Gasteiger charge is 2.22. The number of benzene rings is 1. The van der Waals surface area contributed by atoms with E-state index in [4.69, 9.17) is 11.6 Å². The molecule has 0 bridgehead atoms. The Labute approximate surface area is 99.6 Å². The van der Waals surface area contributed by atoms with Crippen LogP contribution in [0.3, 0.4) is 0 Å². The van der Waals surface area contributed by atoms with Crippen LogP contribution < -0.4 is 0 Å². The molecule has 1 amide bonds. The number of nitrogens with zero attached hydrogens (tertiary/aromatic N) is 1. The highest BCUT2D eigenvalue weighted by Crippen LogP contribution is 2.16. The molecule has 1 saturated heterocycles.